The Labute approximate surface area is 121 Å². The van der Waals surface area contributed by atoms with Gasteiger partial charge in [0.25, 0.3) is 0 Å². The number of carbonyl (C=O) groups is 1. The Morgan fingerprint density at radius 1 is 1.19 bits per heavy atom. The molecule has 21 heavy (non-hydrogen) atoms. The van der Waals surface area contributed by atoms with E-state index >= 15 is 0 Å². The highest BCUT2D eigenvalue weighted by Crippen LogP contribution is 2.19. The highest BCUT2D eigenvalue weighted by molar-refractivity contribution is 5.87. The molecular weight excluding hydrogens is 276 g/mol. The molecule has 0 radical (unpaired) electrons. The fourth-order valence-corrected chi connectivity index (χ4v) is 2.11. The molecule has 0 aliphatic carbocycles. The van der Waals surface area contributed by atoms with Crippen LogP contribution in [0.1, 0.15) is 22.8 Å². The molecule has 2 aromatic carbocycles. The Morgan fingerprint density at radius 3 is 2.52 bits per heavy atom. The van der Waals surface area contributed by atoms with E-state index in [1.54, 1.807) is 18.2 Å². The van der Waals surface area contributed by atoms with Crippen LogP contribution in [0.15, 0.2) is 42.5 Å². The number of aromatic carboxylic acids is 1. The van der Waals surface area contributed by atoms with Crippen LogP contribution in [0.3, 0.4) is 0 Å². The first kappa shape index (κ1) is 15.0. The summed E-state index contributed by atoms with van der Waals surface area (Å²) in [5.41, 5.74) is 0.969. The van der Waals surface area contributed by atoms with Crippen LogP contribution in [0.5, 0.6) is 0 Å². The van der Waals surface area contributed by atoms with E-state index in [-0.39, 0.29) is 11.4 Å². The third-order valence-corrected chi connectivity index (χ3v) is 3.19. The maximum absolute atomic E-state index is 13.7. The number of anilines is 1. The standard InChI is InChI=1S/C16H15F2NO2/c1-2-19(13-5-3-4-12(17)9-13)10-11-6-7-14(16(20)21)15(18)8-11/h3-9H,2,10H2,1H3,(H,20,21). The van der Waals surface area contributed by atoms with Gasteiger partial charge in [-0.05, 0) is 42.8 Å². The second-order valence-electron chi connectivity index (χ2n) is 4.61. The van der Waals surface area contributed by atoms with Crippen LogP contribution in [-0.2, 0) is 6.54 Å². The van der Waals surface area contributed by atoms with Gasteiger partial charge in [-0.1, -0.05) is 12.1 Å². The second-order valence-corrected chi connectivity index (χ2v) is 4.61. The third kappa shape index (κ3) is 3.56. The molecule has 0 heterocycles. The zero-order valence-electron chi connectivity index (χ0n) is 11.5. The fraction of sp³-hybridized carbons (Fsp3) is 0.188. The van der Waals surface area contributed by atoms with Crippen molar-refractivity contribution in [1.29, 1.82) is 0 Å². The van der Waals surface area contributed by atoms with Crippen molar-refractivity contribution in [2.45, 2.75) is 13.5 Å². The molecule has 0 saturated heterocycles. The smallest absolute Gasteiger partial charge is 0.338 e. The molecule has 0 fully saturated rings. The molecule has 1 N–H and O–H groups in total. The molecule has 0 aliphatic rings. The summed E-state index contributed by atoms with van der Waals surface area (Å²) < 4.78 is 26.9. The molecule has 0 amide bonds. The van der Waals surface area contributed by atoms with Crippen LogP contribution < -0.4 is 4.90 Å². The summed E-state index contributed by atoms with van der Waals surface area (Å²) in [7, 11) is 0. The summed E-state index contributed by atoms with van der Waals surface area (Å²) >= 11 is 0. The summed E-state index contributed by atoms with van der Waals surface area (Å²) in [6.07, 6.45) is 0. The predicted octanol–water partition coefficient (Wildman–Crippen LogP) is 3.69. The summed E-state index contributed by atoms with van der Waals surface area (Å²) in [6, 6.07) is 10.2. The molecule has 0 saturated carbocycles. The first-order valence-corrected chi connectivity index (χ1v) is 6.53. The molecule has 0 bridgehead atoms. The SMILES string of the molecule is CCN(Cc1ccc(C(=O)O)c(F)c1)c1cccc(F)c1. The van der Waals surface area contributed by atoms with E-state index < -0.39 is 11.8 Å². The lowest BCUT2D eigenvalue weighted by molar-refractivity contribution is 0.0692. The minimum Gasteiger partial charge on any atom is -0.478 e. The Morgan fingerprint density at radius 2 is 1.95 bits per heavy atom. The number of benzene rings is 2. The van der Waals surface area contributed by atoms with Gasteiger partial charge in [0, 0.05) is 18.8 Å². The van der Waals surface area contributed by atoms with E-state index in [0.717, 1.165) is 0 Å². The zero-order chi connectivity index (χ0) is 15.4. The first-order valence-electron chi connectivity index (χ1n) is 6.53. The van der Waals surface area contributed by atoms with Crippen LogP contribution in [0, 0.1) is 11.6 Å². The molecule has 5 heteroatoms. The van der Waals surface area contributed by atoms with Crippen LogP contribution >= 0.6 is 0 Å². The Balaban J connectivity index is 2.23. The van der Waals surface area contributed by atoms with Gasteiger partial charge in [0.2, 0.25) is 0 Å². The number of carboxylic acid groups (broad SMARTS) is 1. The summed E-state index contributed by atoms with van der Waals surface area (Å²) in [5, 5.41) is 8.80. The van der Waals surface area contributed by atoms with Crippen LogP contribution in [0.2, 0.25) is 0 Å². The van der Waals surface area contributed by atoms with Gasteiger partial charge in [-0.2, -0.15) is 0 Å². The lowest BCUT2D eigenvalue weighted by Gasteiger charge is -2.23. The van der Waals surface area contributed by atoms with Gasteiger partial charge >= 0.3 is 5.97 Å². The normalized spacial score (nSPS) is 10.4. The van der Waals surface area contributed by atoms with Gasteiger partial charge in [0.15, 0.2) is 0 Å². The van der Waals surface area contributed by atoms with Crippen molar-refractivity contribution in [3.05, 3.63) is 65.2 Å². The highest BCUT2D eigenvalue weighted by Gasteiger charge is 2.12. The molecule has 110 valence electrons. The molecule has 2 aromatic rings. The number of hydrogen-bond donors (Lipinski definition) is 1. The van der Waals surface area contributed by atoms with E-state index in [9.17, 15) is 13.6 Å². The molecule has 3 nitrogen and oxygen atoms in total. The summed E-state index contributed by atoms with van der Waals surface area (Å²) in [4.78, 5) is 12.7. The van der Waals surface area contributed by atoms with E-state index in [1.807, 2.05) is 11.8 Å². The lowest BCUT2D eigenvalue weighted by atomic mass is 10.1. The van der Waals surface area contributed by atoms with Gasteiger partial charge < -0.3 is 10.0 Å². The quantitative estimate of drug-likeness (QED) is 0.913. The maximum atomic E-state index is 13.7. The monoisotopic (exact) mass is 291 g/mol. The molecular formula is C16H15F2NO2. The van der Waals surface area contributed by atoms with Gasteiger partial charge in [-0.15, -0.1) is 0 Å². The van der Waals surface area contributed by atoms with Crippen molar-refractivity contribution in [2.75, 3.05) is 11.4 Å². The highest BCUT2D eigenvalue weighted by atomic mass is 19.1. The van der Waals surface area contributed by atoms with Crippen LogP contribution in [-0.4, -0.2) is 17.6 Å². The molecule has 0 unspecified atom stereocenters. The number of halogens is 2. The van der Waals surface area contributed by atoms with Crippen molar-refractivity contribution in [3.63, 3.8) is 0 Å². The minimum atomic E-state index is -1.29. The Bertz CT molecular complexity index is 658. The average molecular weight is 291 g/mol. The molecule has 2 rings (SSSR count). The van der Waals surface area contributed by atoms with Gasteiger partial charge in [0.1, 0.15) is 11.6 Å². The summed E-state index contributed by atoms with van der Waals surface area (Å²) in [6.45, 7) is 2.90. The van der Waals surface area contributed by atoms with Gasteiger partial charge in [-0.3, -0.25) is 0 Å². The van der Waals surface area contributed by atoms with E-state index in [2.05, 4.69) is 0 Å². The molecule has 0 aromatic heterocycles. The number of rotatable bonds is 5. The van der Waals surface area contributed by atoms with Crippen LogP contribution in [0.4, 0.5) is 14.5 Å². The maximum Gasteiger partial charge on any atom is 0.338 e. The first-order chi connectivity index (χ1) is 10.0. The number of hydrogen-bond acceptors (Lipinski definition) is 2. The summed E-state index contributed by atoms with van der Waals surface area (Å²) in [5.74, 6) is -2.40. The van der Waals surface area contributed by atoms with E-state index in [1.165, 1.54) is 24.3 Å². The number of carboxylic acids is 1. The van der Waals surface area contributed by atoms with E-state index in [0.29, 0.717) is 24.3 Å². The molecule has 0 spiro atoms. The van der Waals surface area contributed by atoms with Gasteiger partial charge in [-0.25, -0.2) is 13.6 Å². The minimum absolute atomic E-state index is 0.335. The van der Waals surface area contributed by atoms with Gasteiger partial charge in [0.05, 0.1) is 5.56 Å². The third-order valence-electron chi connectivity index (χ3n) is 3.19. The fourth-order valence-electron chi connectivity index (χ4n) is 2.11. The lowest BCUT2D eigenvalue weighted by Crippen LogP contribution is -2.22. The largest absolute Gasteiger partial charge is 0.478 e. The van der Waals surface area contributed by atoms with Crippen molar-refractivity contribution in [3.8, 4) is 0 Å². The number of nitrogens with zero attached hydrogens (tertiary/aromatic N) is 1. The zero-order valence-corrected chi connectivity index (χ0v) is 11.5. The Kier molecular flexibility index (Phi) is 4.52. The van der Waals surface area contributed by atoms with Crippen molar-refractivity contribution < 1.29 is 18.7 Å². The Hall–Kier alpha value is -2.43. The van der Waals surface area contributed by atoms with Crippen molar-refractivity contribution in [2.24, 2.45) is 0 Å². The average Bonchev–Trinajstić information content (AvgIpc) is 2.44. The molecule has 0 aliphatic heterocycles. The molecule has 0 atom stereocenters. The predicted molar refractivity (Wildman–Crippen MR) is 76.5 cm³/mol. The van der Waals surface area contributed by atoms with Crippen molar-refractivity contribution >= 4 is 11.7 Å². The second kappa shape index (κ2) is 6.35. The van der Waals surface area contributed by atoms with E-state index in [4.69, 9.17) is 5.11 Å². The van der Waals surface area contributed by atoms with Crippen molar-refractivity contribution in [1.82, 2.24) is 0 Å². The van der Waals surface area contributed by atoms with Crippen LogP contribution in [0.25, 0.3) is 0 Å². The topological polar surface area (TPSA) is 40.5 Å².